The molecule has 2 aromatic carbocycles. The Balaban J connectivity index is 1.84. The molecule has 0 bridgehead atoms. The number of ether oxygens (including phenoxy) is 1. The molecular weight excluding hydrogens is 418 g/mol. The number of aryl methyl sites for hydroxylation is 1. The van der Waals surface area contributed by atoms with Crippen LogP contribution < -0.4 is 13.8 Å². The molecule has 1 N–H and O–H groups in total. The van der Waals surface area contributed by atoms with E-state index in [1.807, 2.05) is 48.9 Å². The predicted octanol–water partition coefficient (Wildman–Crippen LogP) is 2.25. The van der Waals surface area contributed by atoms with Crippen molar-refractivity contribution >= 4 is 27.7 Å². The molecule has 1 fully saturated rings. The topological polar surface area (TPSA) is 96.0 Å². The Morgan fingerprint density at radius 1 is 1.16 bits per heavy atom. The van der Waals surface area contributed by atoms with Gasteiger partial charge in [0, 0.05) is 19.5 Å². The van der Waals surface area contributed by atoms with Gasteiger partial charge < -0.3 is 9.64 Å². The highest BCUT2D eigenvalue weighted by molar-refractivity contribution is 7.92. The number of hydrogen-bond donors (Lipinski definition) is 1. The minimum atomic E-state index is -3.96. The van der Waals surface area contributed by atoms with Crippen molar-refractivity contribution in [3.8, 4) is 5.75 Å². The number of carbonyl (C=O) groups excluding carboxylic acids is 2. The fourth-order valence-electron chi connectivity index (χ4n) is 3.15. The highest BCUT2D eigenvalue weighted by Crippen LogP contribution is 2.33. The quantitative estimate of drug-likeness (QED) is 0.672. The first-order chi connectivity index (χ1) is 14.7. The molecular formula is C22H27N3O5S. The number of nitrogens with one attached hydrogen (secondary N) is 1. The van der Waals surface area contributed by atoms with Gasteiger partial charge in [-0.05, 0) is 43.5 Å². The maximum Gasteiger partial charge on any atom is 0.326 e. The first-order valence-electron chi connectivity index (χ1n) is 10.1. The molecule has 3 rings (SSSR count). The lowest BCUT2D eigenvalue weighted by atomic mass is 10.1. The van der Waals surface area contributed by atoms with Crippen molar-refractivity contribution in [3.05, 3.63) is 59.7 Å². The van der Waals surface area contributed by atoms with Gasteiger partial charge >= 0.3 is 10.2 Å². The second kappa shape index (κ2) is 9.38. The summed E-state index contributed by atoms with van der Waals surface area (Å²) in [7, 11) is -2.19. The van der Waals surface area contributed by atoms with Crippen LogP contribution >= 0.6 is 0 Å². The van der Waals surface area contributed by atoms with Crippen LogP contribution in [-0.2, 0) is 32.8 Å². The van der Waals surface area contributed by atoms with Crippen molar-refractivity contribution in [1.29, 1.82) is 0 Å². The summed E-state index contributed by atoms with van der Waals surface area (Å²) in [5.41, 5.74) is 2.04. The molecule has 166 valence electrons. The molecule has 0 atom stereocenters. The third-order valence-corrected chi connectivity index (χ3v) is 6.54. The molecule has 31 heavy (non-hydrogen) atoms. The van der Waals surface area contributed by atoms with E-state index in [1.54, 1.807) is 30.1 Å². The van der Waals surface area contributed by atoms with Crippen LogP contribution in [0, 0.1) is 0 Å². The summed E-state index contributed by atoms with van der Waals surface area (Å²) in [5, 5.41) is 0. The molecule has 2 aromatic rings. The zero-order chi connectivity index (χ0) is 22.6. The molecule has 0 aromatic heterocycles. The van der Waals surface area contributed by atoms with Crippen LogP contribution in [0.2, 0.25) is 0 Å². The Labute approximate surface area is 183 Å². The van der Waals surface area contributed by atoms with Crippen LogP contribution in [0.5, 0.6) is 5.75 Å². The lowest BCUT2D eigenvalue weighted by Gasteiger charge is -2.22. The van der Waals surface area contributed by atoms with Crippen molar-refractivity contribution in [2.45, 2.75) is 39.3 Å². The average molecular weight is 446 g/mol. The number of carbonyl (C=O) groups is 2. The van der Waals surface area contributed by atoms with Crippen molar-refractivity contribution in [2.75, 3.05) is 17.9 Å². The predicted molar refractivity (Wildman–Crippen MR) is 118 cm³/mol. The summed E-state index contributed by atoms with van der Waals surface area (Å²) in [6.07, 6.45) is 0.815. The SMILES string of the molecule is CC(C)N(C)C(=O)CCc1ccc(N2CC(=O)NS2(=O)=O)c(OCc2ccccc2)c1. The van der Waals surface area contributed by atoms with Crippen molar-refractivity contribution in [1.82, 2.24) is 9.62 Å². The van der Waals surface area contributed by atoms with E-state index in [1.165, 1.54) is 0 Å². The Kier molecular flexibility index (Phi) is 6.84. The van der Waals surface area contributed by atoms with Gasteiger partial charge in [-0.3, -0.25) is 9.59 Å². The summed E-state index contributed by atoms with van der Waals surface area (Å²) in [4.78, 5) is 25.7. The first kappa shape index (κ1) is 22.6. The summed E-state index contributed by atoms with van der Waals surface area (Å²) >= 11 is 0. The standard InChI is InChI=1S/C22H27N3O5S/c1-16(2)24(3)22(27)12-10-17-9-11-19(25-14-21(26)23-31(25,28)29)20(13-17)30-15-18-7-5-4-6-8-18/h4-9,11,13,16H,10,12,14-15H2,1-3H3,(H,23,26). The van der Waals surface area contributed by atoms with E-state index < -0.39 is 16.1 Å². The minimum absolute atomic E-state index is 0.0303. The molecule has 1 aliphatic rings. The Bertz CT molecular complexity index is 1050. The third kappa shape index (κ3) is 5.55. The minimum Gasteiger partial charge on any atom is -0.487 e. The summed E-state index contributed by atoms with van der Waals surface area (Å²) in [6, 6.07) is 14.7. The van der Waals surface area contributed by atoms with E-state index in [9.17, 15) is 18.0 Å². The second-order valence-corrected chi connectivity index (χ2v) is 9.31. The Morgan fingerprint density at radius 2 is 1.87 bits per heavy atom. The monoisotopic (exact) mass is 445 g/mol. The van der Waals surface area contributed by atoms with Gasteiger partial charge in [0.2, 0.25) is 5.91 Å². The van der Waals surface area contributed by atoms with Gasteiger partial charge in [-0.15, -0.1) is 0 Å². The van der Waals surface area contributed by atoms with Gasteiger partial charge in [0.05, 0.1) is 5.69 Å². The van der Waals surface area contributed by atoms with Crippen LogP contribution in [-0.4, -0.2) is 44.8 Å². The number of anilines is 1. The Hall–Kier alpha value is -3.07. The van der Waals surface area contributed by atoms with Crippen LogP contribution in [0.4, 0.5) is 5.69 Å². The molecule has 0 saturated carbocycles. The average Bonchev–Trinajstić information content (AvgIpc) is 3.02. The van der Waals surface area contributed by atoms with Crippen molar-refractivity contribution in [2.24, 2.45) is 0 Å². The van der Waals surface area contributed by atoms with E-state index in [4.69, 9.17) is 4.74 Å². The molecule has 2 amide bonds. The molecule has 9 heteroatoms. The normalized spacial score (nSPS) is 15.1. The number of nitrogens with zero attached hydrogens (tertiary/aromatic N) is 2. The van der Waals surface area contributed by atoms with Crippen LogP contribution in [0.25, 0.3) is 0 Å². The lowest BCUT2D eigenvalue weighted by Crippen LogP contribution is -2.33. The van der Waals surface area contributed by atoms with E-state index in [0.717, 1.165) is 15.4 Å². The van der Waals surface area contributed by atoms with E-state index in [0.29, 0.717) is 18.6 Å². The number of hydrogen-bond acceptors (Lipinski definition) is 5. The number of rotatable bonds is 8. The van der Waals surface area contributed by atoms with E-state index in [2.05, 4.69) is 0 Å². The fraction of sp³-hybridized carbons (Fsp3) is 0.364. The van der Waals surface area contributed by atoms with Gasteiger partial charge in [-0.1, -0.05) is 36.4 Å². The lowest BCUT2D eigenvalue weighted by molar-refractivity contribution is -0.131. The maximum atomic E-state index is 12.3. The van der Waals surface area contributed by atoms with Gasteiger partial charge in [0.15, 0.2) is 0 Å². The molecule has 0 aliphatic carbocycles. The van der Waals surface area contributed by atoms with Crippen LogP contribution in [0.3, 0.4) is 0 Å². The second-order valence-electron chi connectivity index (χ2n) is 7.71. The highest BCUT2D eigenvalue weighted by Gasteiger charge is 2.35. The zero-order valence-corrected chi connectivity index (χ0v) is 18.7. The van der Waals surface area contributed by atoms with Gasteiger partial charge in [0.1, 0.15) is 18.9 Å². The Morgan fingerprint density at radius 3 is 2.48 bits per heavy atom. The fourth-order valence-corrected chi connectivity index (χ4v) is 4.31. The van der Waals surface area contributed by atoms with Crippen molar-refractivity contribution < 1.29 is 22.7 Å². The van der Waals surface area contributed by atoms with Crippen molar-refractivity contribution in [3.63, 3.8) is 0 Å². The summed E-state index contributed by atoms with van der Waals surface area (Å²) < 4.78 is 33.6. The van der Waals surface area contributed by atoms with Gasteiger partial charge in [-0.25, -0.2) is 9.03 Å². The number of benzene rings is 2. The zero-order valence-electron chi connectivity index (χ0n) is 17.9. The van der Waals surface area contributed by atoms with Crippen LogP contribution in [0.1, 0.15) is 31.4 Å². The molecule has 0 spiro atoms. The molecule has 8 nitrogen and oxygen atoms in total. The summed E-state index contributed by atoms with van der Waals surface area (Å²) in [6.45, 7) is 3.84. The number of amides is 2. The van der Waals surface area contributed by atoms with E-state index in [-0.39, 0.29) is 30.8 Å². The molecule has 1 saturated heterocycles. The van der Waals surface area contributed by atoms with E-state index >= 15 is 0 Å². The van der Waals surface area contributed by atoms with Gasteiger partial charge in [-0.2, -0.15) is 8.42 Å². The van der Waals surface area contributed by atoms with Gasteiger partial charge in [0.25, 0.3) is 5.91 Å². The first-order valence-corrected chi connectivity index (χ1v) is 11.5. The maximum absolute atomic E-state index is 12.3. The summed E-state index contributed by atoms with van der Waals surface area (Å²) in [5.74, 6) is -0.228. The molecule has 1 aliphatic heterocycles. The molecule has 1 heterocycles. The largest absolute Gasteiger partial charge is 0.487 e. The van der Waals surface area contributed by atoms with Crippen LogP contribution in [0.15, 0.2) is 48.5 Å². The highest BCUT2D eigenvalue weighted by atomic mass is 32.2. The molecule has 0 unspecified atom stereocenters. The smallest absolute Gasteiger partial charge is 0.326 e. The molecule has 0 radical (unpaired) electrons. The third-order valence-electron chi connectivity index (χ3n) is 5.15.